The van der Waals surface area contributed by atoms with Crippen molar-refractivity contribution in [3.63, 3.8) is 0 Å². The van der Waals surface area contributed by atoms with Crippen molar-refractivity contribution in [1.29, 1.82) is 0 Å². The highest BCUT2D eigenvalue weighted by Gasteiger charge is 2.47. The molecule has 4 heteroatoms. The molecule has 5 rings (SSSR count). The fourth-order valence-electron chi connectivity index (χ4n) is 5.13. The predicted molar refractivity (Wildman–Crippen MR) is 71.3 cm³/mol. The fraction of sp³-hybridized carbons (Fsp3) is 0.867. The molecule has 4 aliphatic rings. The summed E-state index contributed by atoms with van der Waals surface area (Å²) in [5, 5.41) is 7.38. The Bertz CT molecular complexity index is 428. The first-order valence-corrected chi connectivity index (χ1v) is 7.78. The second kappa shape index (κ2) is 4.58. The van der Waals surface area contributed by atoms with Gasteiger partial charge in [-0.1, -0.05) is 5.16 Å². The topological polar surface area (TPSA) is 51.0 Å². The fourth-order valence-corrected chi connectivity index (χ4v) is 5.13. The molecule has 4 bridgehead atoms. The summed E-state index contributed by atoms with van der Waals surface area (Å²) in [4.78, 5) is 4.24. The van der Waals surface area contributed by atoms with E-state index in [1.807, 2.05) is 6.92 Å². The van der Waals surface area contributed by atoms with Crippen molar-refractivity contribution in [1.82, 2.24) is 15.5 Å². The molecule has 0 unspecified atom stereocenters. The van der Waals surface area contributed by atoms with Gasteiger partial charge in [0.2, 0.25) is 5.89 Å². The number of aromatic nitrogens is 2. The lowest BCUT2D eigenvalue weighted by molar-refractivity contribution is -0.0357. The normalized spacial score (nSPS) is 39.9. The molecule has 1 heterocycles. The van der Waals surface area contributed by atoms with Gasteiger partial charge in [0.25, 0.3) is 0 Å². The highest BCUT2D eigenvalue weighted by Crippen LogP contribution is 2.56. The second-order valence-corrected chi connectivity index (χ2v) is 6.96. The first kappa shape index (κ1) is 11.9. The van der Waals surface area contributed by atoms with Crippen LogP contribution in [-0.4, -0.2) is 16.7 Å². The van der Waals surface area contributed by atoms with E-state index in [1.165, 1.54) is 32.1 Å². The van der Waals surface area contributed by atoms with Crippen molar-refractivity contribution in [2.75, 3.05) is 6.54 Å². The van der Waals surface area contributed by atoms with Crippen molar-refractivity contribution in [3.05, 3.63) is 11.7 Å². The molecule has 104 valence electrons. The maximum Gasteiger partial charge on any atom is 0.240 e. The van der Waals surface area contributed by atoms with Crippen LogP contribution in [0.2, 0.25) is 0 Å². The molecule has 0 aliphatic heterocycles. The molecule has 4 nitrogen and oxygen atoms in total. The van der Waals surface area contributed by atoms with Gasteiger partial charge in [0, 0.05) is 0 Å². The molecule has 0 radical (unpaired) electrons. The third-order valence-electron chi connectivity index (χ3n) is 5.65. The Hall–Kier alpha value is -0.900. The first-order chi connectivity index (χ1) is 9.28. The van der Waals surface area contributed by atoms with Crippen LogP contribution >= 0.6 is 0 Å². The summed E-state index contributed by atoms with van der Waals surface area (Å²) in [6.07, 6.45) is 7.53. The van der Waals surface area contributed by atoms with Crippen LogP contribution in [0.25, 0.3) is 0 Å². The average Bonchev–Trinajstić information content (AvgIpc) is 2.78. The molecule has 4 saturated carbocycles. The molecule has 0 atom stereocenters. The smallest absolute Gasteiger partial charge is 0.240 e. The molecule has 0 amide bonds. The van der Waals surface area contributed by atoms with Crippen molar-refractivity contribution in [2.45, 2.75) is 45.6 Å². The largest absolute Gasteiger partial charge is 0.338 e. The Morgan fingerprint density at radius 1 is 1.11 bits per heavy atom. The van der Waals surface area contributed by atoms with E-state index >= 15 is 0 Å². The summed E-state index contributed by atoms with van der Waals surface area (Å²) in [5.41, 5.74) is 0. The molecule has 1 N–H and O–H groups in total. The lowest BCUT2D eigenvalue weighted by Crippen LogP contribution is -2.48. The Morgan fingerprint density at radius 3 is 2.37 bits per heavy atom. The minimum Gasteiger partial charge on any atom is -0.338 e. The van der Waals surface area contributed by atoms with Crippen LogP contribution in [0.15, 0.2) is 4.52 Å². The Morgan fingerprint density at radius 2 is 1.79 bits per heavy atom. The van der Waals surface area contributed by atoms with Crippen LogP contribution in [0.3, 0.4) is 0 Å². The van der Waals surface area contributed by atoms with Crippen LogP contribution in [-0.2, 0) is 6.54 Å². The Balaban J connectivity index is 1.33. The molecule has 1 aromatic heterocycles. The van der Waals surface area contributed by atoms with Crippen LogP contribution < -0.4 is 5.32 Å². The van der Waals surface area contributed by atoms with Gasteiger partial charge < -0.3 is 9.84 Å². The number of hydrogen-bond acceptors (Lipinski definition) is 4. The third-order valence-corrected chi connectivity index (χ3v) is 5.65. The number of nitrogens with zero attached hydrogens (tertiary/aromatic N) is 2. The lowest BCUT2D eigenvalue weighted by Gasteiger charge is -2.54. The van der Waals surface area contributed by atoms with Crippen LogP contribution in [0, 0.1) is 36.5 Å². The molecule has 0 spiro atoms. The van der Waals surface area contributed by atoms with E-state index in [4.69, 9.17) is 4.52 Å². The predicted octanol–water partition coefficient (Wildman–Crippen LogP) is 2.54. The SMILES string of the molecule is Cc1noc(CNCC2C3CC4CC(C3)CC2C4)n1. The van der Waals surface area contributed by atoms with E-state index < -0.39 is 0 Å². The van der Waals surface area contributed by atoms with Gasteiger partial charge in [0.05, 0.1) is 6.54 Å². The van der Waals surface area contributed by atoms with Gasteiger partial charge >= 0.3 is 0 Å². The summed E-state index contributed by atoms with van der Waals surface area (Å²) in [5.74, 6) is 6.47. The summed E-state index contributed by atoms with van der Waals surface area (Å²) in [6.45, 7) is 3.73. The molecule has 4 fully saturated rings. The molecule has 0 aromatic carbocycles. The van der Waals surface area contributed by atoms with E-state index in [9.17, 15) is 0 Å². The van der Waals surface area contributed by atoms with E-state index in [2.05, 4.69) is 15.5 Å². The summed E-state index contributed by atoms with van der Waals surface area (Å²) >= 11 is 0. The number of aryl methyl sites for hydroxylation is 1. The Labute approximate surface area is 114 Å². The van der Waals surface area contributed by atoms with Crippen molar-refractivity contribution >= 4 is 0 Å². The zero-order valence-corrected chi connectivity index (χ0v) is 11.6. The number of hydrogen-bond donors (Lipinski definition) is 1. The van der Waals surface area contributed by atoms with Crippen LogP contribution in [0.5, 0.6) is 0 Å². The average molecular weight is 261 g/mol. The number of rotatable bonds is 4. The molecule has 4 aliphatic carbocycles. The van der Waals surface area contributed by atoms with Crippen molar-refractivity contribution in [3.8, 4) is 0 Å². The number of nitrogens with one attached hydrogen (secondary N) is 1. The quantitative estimate of drug-likeness (QED) is 0.905. The standard InChI is InChI=1S/C15H23N3O/c1-9-17-15(19-18-9)8-16-7-14-12-3-10-2-11(5-12)6-13(14)4-10/h10-14,16H,2-8H2,1H3. The van der Waals surface area contributed by atoms with Gasteiger partial charge in [-0.25, -0.2) is 0 Å². The molecular formula is C15H23N3O. The van der Waals surface area contributed by atoms with E-state index in [0.29, 0.717) is 0 Å². The highest BCUT2D eigenvalue weighted by molar-refractivity contribution is 4.98. The molecule has 19 heavy (non-hydrogen) atoms. The van der Waals surface area contributed by atoms with Gasteiger partial charge in [-0.05, 0) is 75.2 Å². The van der Waals surface area contributed by atoms with Gasteiger partial charge in [-0.15, -0.1) is 0 Å². The summed E-state index contributed by atoms with van der Waals surface area (Å²) in [6, 6.07) is 0. The summed E-state index contributed by atoms with van der Waals surface area (Å²) in [7, 11) is 0. The van der Waals surface area contributed by atoms with Gasteiger partial charge in [-0.3, -0.25) is 0 Å². The zero-order chi connectivity index (χ0) is 12.8. The van der Waals surface area contributed by atoms with Crippen LogP contribution in [0.1, 0.15) is 43.8 Å². The molecule has 1 aromatic rings. The van der Waals surface area contributed by atoms with Gasteiger partial charge in [0.1, 0.15) is 0 Å². The summed E-state index contributed by atoms with van der Waals surface area (Å²) < 4.78 is 5.15. The van der Waals surface area contributed by atoms with Gasteiger partial charge in [0.15, 0.2) is 5.82 Å². The first-order valence-electron chi connectivity index (χ1n) is 7.78. The monoisotopic (exact) mass is 261 g/mol. The lowest BCUT2D eigenvalue weighted by atomic mass is 9.52. The minimum atomic E-state index is 0.723. The van der Waals surface area contributed by atoms with E-state index in [1.54, 1.807) is 0 Å². The molecular weight excluding hydrogens is 238 g/mol. The van der Waals surface area contributed by atoms with Crippen molar-refractivity contribution < 1.29 is 4.52 Å². The van der Waals surface area contributed by atoms with Crippen LogP contribution in [0.4, 0.5) is 0 Å². The minimum absolute atomic E-state index is 0.723. The van der Waals surface area contributed by atoms with E-state index in [-0.39, 0.29) is 0 Å². The maximum absolute atomic E-state index is 5.15. The highest BCUT2D eigenvalue weighted by atomic mass is 16.5. The third kappa shape index (κ3) is 2.20. The molecule has 0 saturated heterocycles. The van der Waals surface area contributed by atoms with Gasteiger partial charge in [-0.2, -0.15) is 4.98 Å². The Kier molecular flexibility index (Phi) is 2.87. The maximum atomic E-state index is 5.15. The zero-order valence-electron chi connectivity index (χ0n) is 11.6. The second-order valence-electron chi connectivity index (χ2n) is 6.96. The van der Waals surface area contributed by atoms with E-state index in [0.717, 1.165) is 54.4 Å². The van der Waals surface area contributed by atoms with Crippen molar-refractivity contribution in [2.24, 2.45) is 29.6 Å².